The molecule has 0 radical (unpaired) electrons. The Balaban J connectivity index is 1.49. The predicted molar refractivity (Wildman–Crippen MR) is 134 cm³/mol. The molecule has 5 rings (SSSR count). The van der Waals surface area contributed by atoms with Crippen molar-refractivity contribution in [2.24, 2.45) is 0 Å². The fourth-order valence-electron chi connectivity index (χ4n) is 4.46. The number of morpholine rings is 1. The molecule has 0 aliphatic carbocycles. The molecular weight excluding hydrogens is 444 g/mol. The second kappa shape index (κ2) is 9.83. The molecule has 0 saturated carbocycles. The van der Waals surface area contributed by atoms with E-state index >= 15 is 0 Å². The van der Waals surface area contributed by atoms with Gasteiger partial charge in [-0.25, -0.2) is 24.7 Å². The van der Waals surface area contributed by atoms with E-state index < -0.39 is 0 Å². The minimum atomic E-state index is -0.224. The lowest BCUT2D eigenvalue weighted by Crippen LogP contribution is -2.44. The molecule has 2 aromatic heterocycles. The Kier molecular flexibility index (Phi) is 6.45. The summed E-state index contributed by atoms with van der Waals surface area (Å²) in [4.78, 5) is 35.1. The largest absolute Gasteiger partial charge is 0.377 e. The van der Waals surface area contributed by atoms with Gasteiger partial charge in [0.05, 0.1) is 38.0 Å². The van der Waals surface area contributed by atoms with Gasteiger partial charge in [-0.2, -0.15) is 0 Å². The fourth-order valence-corrected chi connectivity index (χ4v) is 4.46. The van der Waals surface area contributed by atoms with Crippen LogP contribution in [0.4, 0.5) is 22.1 Å². The summed E-state index contributed by atoms with van der Waals surface area (Å²) >= 11 is 0. The number of hydrogen-bond donors (Lipinski definition) is 2. The number of rotatable bonds is 5. The molecular formula is C25H30N8O2. The number of benzene rings is 1. The SMILES string of the molecule is CCNC(=O)Nc1ccc(-c2nc3c(c(N4CCOC[C@@H]4C)n2)CN(c2cc(C)ncn2)C3)cc1. The second-order valence-electron chi connectivity index (χ2n) is 8.85. The topological polar surface area (TPSA) is 108 Å². The van der Waals surface area contributed by atoms with Crippen molar-refractivity contribution >= 4 is 23.4 Å². The summed E-state index contributed by atoms with van der Waals surface area (Å²) in [5, 5.41) is 5.56. The number of anilines is 3. The molecule has 2 aliphatic rings. The maximum Gasteiger partial charge on any atom is 0.319 e. The van der Waals surface area contributed by atoms with Gasteiger partial charge in [-0.15, -0.1) is 0 Å². The van der Waals surface area contributed by atoms with Gasteiger partial charge in [0.1, 0.15) is 18.0 Å². The predicted octanol–water partition coefficient (Wildman–Crippen LogP) is 3.13. The summed E-state index contributed by atoms with van der Waals surface area (Å²) in [6.45, 7) is 10.1. The number of carbonyl (C=O) groups is 1. The smallest absolute Gasteiger partial charge is 0.319 e. The van der Waals surface area contributed by atoms with Crippen molar-refractivity contribution in [2.45, 2.75) is 39.9 Å². The zero-order chi connectivity index (χ0) is 24.4. The van der Waals surface area contributed by atoms with Crippen LogP contribution < -0.4 is 20.4 Å². The first-order chi connectivity index (χ1) is 17.0. The number of carbonyl (C=O) groups excluding carboxylic acids is 1. The summed E-state index contributed by atoms with van der Waals surface area (Å²) in [5.74, 6) is 2.51. The van der Waals surface area contributed by atoms with E-state index in [4.69, 9.17) is 14.7 Å². The Bertz CT molecular complexity index is 1220. The van der Waals surface area contributed by atoms with E-state index in [1.807, 2.05) is 44.2 Å². The summed E-state index contributed by atoms with van der Waals surface area (Å²) in [7, 11) is 0. The molecule has 2 amide bonds. The lowest BCUT2D eigenvalue weighted by atomic mass is 10.1. The third-order valence-corrected chi connectivity index (χ3v) is 6.25. The van der Waals surface area contributed by atoms with Crippen LogP contribution >= 0.6 is 0 Å². The molecule has 0 bridgehead atoms. The Morgan fingerprint density at radius 3 is 2.74 bits per heavy atom. The maximum atomic E-state index is 11.8. The third kappa shape index (κ3) is 4.88. The highest BCUT2D eigenvalue weighted by Crippen LogP contribution is 2.35. The second-order valence-corrected chi connectivity index (χ2v) is 8.85. The Morgan fingerprint density at radius 2 is 2.00 bits per heavy atom. The van der Waals surface area contributed by atoms with Gasteiger partial charge in [0, 0.05) is 41.7 Å². The van der Waals surface area contributed by atoms with Gasteiger partial charge in [-0.3, -0.25) is 0 Å². The van der Waals surface area contributed by atoms with E-state index in [-0.39, 0.29) is 12.1 Å². The molecule has 2 aliphatic heterocycles. The molecule has 35 heavy (non-hydrogen) atoms. The van der Waals surface area contributed by atoms with E-state index in [0.29, 0.717) is 44.4 Å². The molecule has 1 fully saturated rings. The van der Waals surface area contributed by atoms with Gasteiger partial charge < -0.3 is 25.2 Å². The molecule has 1 atom stereocenters. The van der Waals surface area contributed by atoms with Crippen molar-refractivity contribution < 1.29 is 9.53 Å². The zero-order valence-electron chi connectivity index (χ0n) is 20.3. The number of nitrogens with zero attached hydrogens (tertiary/aromatic N) is 6. The van der Waals surface area contributed by atoms with Gasteiger partial charge in [0.25, 0.3) is 0 Å². The van der Waals surface area contributed by atoms with E-state index in [9.17, 15) is 4.79 Å². The molecule has 0 unspecified atom stereocenters. The number of aryl methyl sites for hydroxylation is 1. The molecule has 3 aromatic rings. The number of fused-ring (bicyclic) bond motifs is 1. The number of nitrogens with one attached hydrogen (secondary N) is 2. The highest BCUT2D eigenvalue weighted by molar-refractivity contribution is 5.89. The summed E-state index contributed by atoms with van der Waals surface area (Å²) in [6.07, 6.45) is 1.60. The van der Waals surface area contributed by atoms with Crippen LogP contribution in [0.3, 0.4) is 0 Å². The first-order valence-corrected chi connectivity index (χ1v) is 11.9. The van der Waals surface area contributed by atoms with E-state index in [0.717, 1.165) is 40.7 Å². The fraction of sp³-hybridized carbons (Fsp3) is 0.400. The van der Waals surface area contributed by atoms with Crippen LogP contribution in [0.25, 0.3) is 11.4 Å². The van der Waals surface area contributed by atoms with Crippen molar-refractivity contribution in [2.75, 3.05) is 41.4 Å². The Morgan fingerprint density at radius 1 is 1.17 bits per heavy atom. The number of amides is 2. The van der Waals surface area contributed by atoms with Crippen LogP contribution in [0.2, 0.25) is 0 Å². The quantitative estimate of drug-likeness (QED) is 0.581. The number of urea groups is 1. The number of ether oxygens (including phenoxy) is 1. The van der Waals surface area contributed by atoms with E-state index in [1.165, 1.54) is 0 Å². The number of aromatic nitrogens is 4. The summed E-state index contributed by atoms with van der Waals surface area (Å²) < 4.78 is 5.68. The lowest BCUT2D eigenvalue weighted by molar-refractivity contribution is 0.0984. The van der Waals surface area contributed by atoms with Gasteiger partial charge in [0.2, 0.25) is 0 Å². The first kappa shape index (κ1) is 23.0. The molecule has 182 valence electrons. The molecule has 10 nitrogen and oxygen atoms in total. The Hall–Kier alpha value is -3.79. The minimum absolute atomic E-state index is 0.217. The standard InChI is InChI=1S/C25H30N8O2/c1-4-26-25(34)29-19-7-5-18(6-8-19)23-30-21-13-32(22-11-16(2)27-15-28-22)12-20(21)24(31-23)33-9-10-35-14-17(33)3/h5-8,11,15,17H,4,9-10,12-14H2,1-3H3,(H2,26,29,34)/t17-/m0/s1. The zero-order valence-corrected chi connectivity index (χ0v) is 20.3. The lowest BCUT2D eigenvalue weighted by Gasteiger charge is -2.35. The van der Waals surface area contributed by atoms with Crippen molar-refractivity contribution in [1.82, 2.24) is 25.3 Å². The highest BCUT2D eigenvalue weighted by atomic mass is 16.5. The molecule has 0 spiro atoms. The molecule has 1 aromatic carbocycles. The van der Waals surface area contributed by atoms with Gasteiger partial charge >= 0.3 is 6.03 Å². The average molecular weight is 475 g/mol. The van der Waals surface area contributed by atoms with Gasteiger partial charge in [-0.05, 0) is 45.0 Å². The van der Waals surface area contributed by atoms with Gasteiger partial charge in [-0.1, -0.05) is 0 Å². The summed E-state index contributed by atoms with van der Waals surface area (Å²) in [5.41, 5.74) is 4.68. The third-order valence-electron chi connectivity index (χ3n) is 6.25. The Labute approximate surface area is 204 Å². The average Bonchev–Trinajstić information content (AvgIpc) is 3.29. The van der Waals surface area contributed by atoms with Crippen LogP contribution in [0, 0.1) is 6.92 Å². The van der Waals surface area contributed by atoms with Crippen molar-refractivity contribution in [1.29, 1.82) is 0 Å². The summed E-state index contributed by atoms with van der Waals surface area (Å²) in [6, 6.07) is 9.61. The van der Waals surface area contributed by atoms with Crippen LogP contribution in [-0.4, -0.2) is 58.3 Å². The van der Waals surface area contributed by atoms with Crippen molar-refractivity contribution in [3.8, 4) is 11.4 Å². The monoisotopic (exact) mass is 474 g/mol. The van der Waals surface area contributed by atoms with Crippen LogP contribution in [0.1, 0.15) is 30.8 Å². The van der Waals surface area contributed by atoms with Crippen molar-refractivity contribution in [3.05, 3.63) is 53.6 Å². The van der Waals surface area contributed by atoms with E-state index in [2.05, 4.69) is 37.3 Å². The number of hydrogen-bond acceptors (Lipinski definition) is 8. The highest BCUT2D eigenvalue weighted by Gasteiger charge is 2.31. The van der Waals surface area contributed by atoms with Crippen LogP contribution in [0.5, 0.6) is 0 Å². The van der Waals surface area contributed by atoms with E-state index in [1.54, 1.807) is 6.33 Å². The molecule has 1 saturated heterocycles. The van der Waals surface area contributed by atoms with Crippen molar-refractivity contribution in [3.63, 3.8) is 0 Å². The van der Waals surface area contributed by atoms with Gasteiger partial charge in [0.15, 0.2) is 5.82 Å². The molecule has 10 heteroatoms. The van der Waals surface area contributed by atoms with Crippen LogP contribution in [-0.2, 0) is 17.8 Å². The van der Waals surface area contributed by atoms with Crippen LogP contribution in [0.15, 0.2) is 36.7 Å². The molecule has 4 heterocycles. The molecule has 2 N–H and O–H groups in total. The first-order valence-electron chi connectivity index (χ1n) is 11.9. The maximum absolute atomic E-state index is 11.8. The normalized spacial score (nSPS) is 17.3. The minimum Gasteiger partial charge on any atom is -0.377 e.